The number of nitrogens with zero attached hydrogens (tertiary/aromatic N) is 7. The number of halogens is 1. The summed E-state index contributed by atoms with van der Waals surface area (Å²) in [5.41, 5.74) is 15.6. The second kappa shape index (κ2) is 12.4. The number of aliphatic imine (C=N–C) groups is 1. The van der Waals surface area contributed by atoms with Gasteiger partial charge in [0, 0.05) is 31.7 Å². The van der Waals surface area contributed by atoms with Crippen LogP contribution in [0.2, 0.25) is 0 Å². The highest BCUT2D eigenvalue weighted by molar-refractivity contribution is 6.05. The Labute approximate surface area is 246 Å². The lowest BCUT2D eigenvalue weighted by Gasteiger charge is -2.27. The number of benzene rings is 2. The molecule has 1 saturated heterocycles. The zero-order chi connectivity index (χ0) is 29.8. The number of nitrogen functional groups attached to an aromatic ring is 2. The van der Waals surface area contributed by atoms with Gasteiger partial charge >= 0.3 is 0 Å². The lowest BCUT2D eigenvalue weighted by Crippen LogP contribution is -2.37. The molecule has 2 aromatic heterocycles. The maximum atomic E-state index is 13.7. The minimum atomic E-state index is -0.322. The molecule has 43 heavy (non-hydrogen) atoms. The second-order valence-electron chi connectivity index (χ2n) is 9.91. The molecule has 222 valence electrons. The van der Waals surface area contributed by atoms with Crippen LogP contribution in [-0.4, -0.2) is 75.2 Å². The van der Waals surface area contributed by atoms with Crippen LogP contribution in [0.15, 0.2) is 53.5 Å². The number of ether oxygens (including phenoxy) is 1. The number of aliphatic hydroxyl groups is 1. The van der Waals surface area contributed by atoms with E-state index in [4.69, 9.17) is 21.2 Å². The van der Waals surface area contributed by atoms with Crippen molar-refractivity contribution in [3.05, 3.63) is 65.5 Å². The van der Waals surface area contributed by atoms with Crippen molar-refractivity contribution in [3.63, 3.8) is 0 Å². The third-order valence-electron chi connectivity index (χ3n) is 6.94. The molecule has 4 heterocycles. The summed E-state index contributed by atoms with van der Waals surface area (Å²) in [4.78, 5) is 28.9. The van der Waals surface area contributed by atoms with Crippen LogP contribution in [0, 0.1) is 5.82 Å². The van der Waals surface area contributed by atoms with E-state index in [9.17, 15) is 9.50 Å². The van der Waals surface area contributed by atoms with Gasteiger partial charge in [-0.25, -0.2) is 9.38 Å². The Morgan fingerprint density at radius 3 is 2.44 bits per heavy atom. The number of aliphatic hydroxyl groups excluding tert-OH is 1. The number of hydrogen-bond donors (Lipinski definition) is 6. The minimum Gasteiger partial charge on any atom is -0.395 e. The van der Waals surface area contributed by atoms with Gasteiger partial charge in [0.25, 0.3) is 0 Å². The molecule has 15 heteroatoms. The SMILES string of the molecule is Nc1nc(N)c2c(n1)NC(c1ccc(F)cc1)CC(c1ccc(Nc3nc(NCCO)nc(N4CCOCC4)n3)cc1)=N2. The fourth-order valence-corrected chi connectivity index (χ4v) is 4.82. The number of fused-ring (bicyclic) bond motifs is 1. The first-order chi connectivity index (χ1) is 20.9. The van der Waals surface area contributed by atoms with Crippen molar-refractivity contribution in [1.82, 2.24) is 24.9 Å². The molecule has 1 fully saturated rings. The maximum absolute atomic E-state index is 13.7. The van der Waals surface area contributed by atoms with Crippen LogP contribution >= 0.6 is 0 Å². The van der Waals surface area contributed by atoms with E-state index >= 15 is 0 Å². The Morgan fingerprint density at radius 1 is 0.953 bits per heavy atom. The van der Waals surface area contributed by atoms with Crippen molar-refractivity contribution in [2.45, 2.75) is 12.5 Å². The third-order valence-corrected chi connectivity index (χ3v) is 6.94. The van der Waals surface area contributed by atoms with Crippen molar-refractivity contribution in [2.24, 2.45) is 4.99 Å². The Morgan fingerprint density at radius 2 is 1.70 bits per heavy atom. The molecule has 0 aliphatic carbocycles. The highest BCUT2D eigenvalue weighted by atomic mass is 19.1. The number of morpholine rings is 1. The fourth-order valence-electron chi connectivity index (χ4n) is 4.82. The van der Waals surface area contributed by atoms with E-state index in [1.54, 1.807) is 12.1 Å². The number of anilines is 7. The third kappa shape index (κ3) is 6.52. The Hall–Kier alpha value is -5.15. The second-order valence-corrected chi connectivity index (χ2v) is 9.91. The lowest BCUT2D eigenvalue weighted by atomic mass is 9.97. The first-order valence-electron chi connectivity index (χ1n) is 13.8. The molecule has 1 unspecified atom stereocenters. The maximum Gasteiger partial charge on any atom is 0.233 e. The van der Waals surface area contributed by atoms with E-state index in [1.807, 2.05) is 29.2 Å². The standard InChI is InChI=1S/C28H31FN12O2/c29-18-5-1-16(2-6-18)21-15-20(34-22-23(30)36-25(31)37-24(22)35-21)17-3-7-19(8-4-17)33-27-38-26(32-9-12-42)39-28(40-27)41-10-13-43-14-11-41/h1-8,21,42H,9-15H2,(H5,30,31,35,36,37)(H2,32,33,38,39,40). The van der Waals surface area contributed by atoms with Crippen LogP contribution < -0.4 is 32.3 Å². The van der Waals surface area contributed by atoms with Gasteiger partial charge in [0.1, 0.15) is 11.5 Å². The van der Waals surface area contributed by atoms with Gasteiger partial charge in [-0.15, -0.1) is 0 Å². The smallest absolute Gasteiger partial charge is 0.233 e. The molecule has 0 radical (unpaired) electrons. The predicted molar refractivity (Wildman–Crippen MR) is 163 cm³/mol. The largest absolute Gasteiger partial charge is 0.395 e. The summed E-state index contributed by atoms with van der Waals surface area (Å²) in [6.07, 6.45) is 0.463. The summed E-state index contributed by atoms with van der Waals surface area (Å²) in [5, 5.41) is 18.9. The van der Waals surface area contributed by atoms with E-state index in [0.29, 0.717) is 68.6 Å². The van der Waals surface area contributed by atoms with Crippen molar-refractivity contribution >= 4 is 52.5 Å². The molecule has 0 amide bonds. The molecular formula is C28H31FN12O2. The van der Waals surface area contributed by atoms with Gasteiger partial charge in [0.05, 0.1) is 31.6 Å². The van der Waals surface area contributed by atoms with Crippen molar-refractivity contribution in [1.29, 1.82) is 0 Å². The molecule has 2 aromatic carbocycles. The van der Waals surface area contributed by atoms with Gasteiger partial charge in [-0.3, -0.25) is 0 Å². The lowest BCUT2D eigenvalue weighted by molar-refractivity contribution is 0.122. The van der Waals surface area contributed by atoms with Crippen LogP contribution in [0.1, 0.15) is 23.6 Å². The zero-order valence-electron chi connectivity index (χ0n) is 23.2. The molecule has 2 aliphatic heterocycles. The van der Waals surface area contributed by atoms with E-state index in [0.717, 1.165) is 22.5 Å². The Balaban J connectivity index is 1.28. The summed E-state index contributed by atoms with van der Waals surface area (Å²) < 4.78 is 19.1. The van der Waals surface area contributed by atoms with E-state index in [-0.39, 0.29) is 30.2 Å². The van der Waals surface area contributed by atoms with Gasteiger partial charge < -0.3 is 42.2 Å². The average Bonchev–Trinajstić information content (AvgIpc) is 3.21. The van der Waals surface area contributed by atoms with Crippen LogP contribution in [0.5, 0.6) is 0 Å². The summed E-state index contributed by atoms with van der Waals surface area (Å²) in [5.74, 6) is 1.50. The molecule has 0 spiro atoms. The summed E-state index contributed by atoms with van der Waals surface area (Å²) in [7, 11) is 0. The van der Waals surface area contributed by atoms with Crippen LogP contribution in [0.3, 0.4) is 0 Å². The first kappa shape index (κ1) is 28.0. The first-order valence-corrected chi connectivity index (χ1v) is 13.8. The molecule has 1 atom stereocenters. The number of rotatable bonds is 8. The summed E-state index contributed by atoms with van der Waals surface area (Å²) in [6, 6.07) is 13.6. The summed E-state index contributed by atoms with van der Waals surface area (Å²) >= 11 is 0. The van der Waals surface area contributed by atoms with Crippen LogP contribution in [-0.2, 0) is 4.74 Å². The number of nitrogens with two attached hydrogens (primary N) is 2. The Bertz CT molecular complexity index is 1610. The number of aromatic nitrogens is 5. The van der Waals surface area contributed by atoms with Crippen LogP contribution in [0.4, 0.5) is 51.2 Å². The normalized spacial score (nSPS) is 16.5. The molecule has 0 saturated carbocycles. The van der Waals surface area contributed by atoms with Gasteiger partial charge in [-0.2, -0.15) is 24.9 Å². The van der Waals surface area contributed by atoms with E-state index < -0.39 is 0 Å². The fraction of sp³-hybridized carbons (Fsp3) is 0.286. The van der Waals surface area contributed by atoms with Gasteiger partial charge in [0.2, 0.25) is 23.8 Å². The quantitative estimate of drug-likeness (QED) is 0.176. The van der Waals surface area contributed by atoms with Crippen molar-refractivity contribution in [2.75, 3.05) is 71.8 Å². The zero-order valence-corrected chi connectivity index (χ0v) is 23.2. The molecule has 14 nitrogen and oxygen atoms in total. The molecule has 4 aromatic rings. The van der Waals surface area contributed by atoms with Crippen molar-refractivity contribution in [3.8, 4) is 0 Å². The molecule has 8 N–H and O–H groups in total. The van der Waals surface area contributed by atoms with Gasteiger partial charge in [0.15, 0.2) is 11.6 Å². The monoisotopic (exact) mass is 586 g/mol. The average molecular weight is 587 g/mol. The Kier molecular flexibility index (Phi) is 8.06. The van der Waals surface area contributed by atoms with E-state index in [2.05, 4.69) is 40.9 Å². The topological polar surface area (TPSA) is 198 Å². The van der Waals surface area contributed by atoms with Gasteiger partial charge in [-0.05, 0) is 35.4 Å². The number of nitrogens with one attached hydrogen (secondary N) is 3. The number of hydrogen-bond acceptors (Lipinski definition) is 14. The summed E-state index contributed by atoms with van der Waals surface area (Å²) in [6.45, 7) is 2.76. The highest BCUT2D eigenvalue weighted by Gasteiger charge is 2.24. The highest BCUT2D eigenvalue weighted by Crippen LogP contribution is 2.37. The molecule has 6 rings (SSSR count). The molecule has 0 bridgehead atoms. The molecule has 2 aliphatic rings. The van der Waals surface area contributed by atoms with Gasteiger partial charge in [-0.1, -0.05) is 24.3 Å². The van der Waals surface area contributed by atoms with E-state index in [1.165, 1.54) is 12.1 Å². The predicted octanol–water partition coefficient (Wildman–Crippen LogP) is 2.63. The molecular weight excluding hydrogens is 555 g/mol. The minimum absolute atomic E-state index is 0.0283. The van der Waals surface area contributed by atoms with Crippen LogP contribution in [0.25, 0.3) is 0 Å². The van der Waals surface area contributed by atoms with Crippen molar-refractivity contribution < 1.29 is 14.2 Å².